The number of hydrogen-bond acceptors (Lipinski definition) is 6. The summed E-state index contributed by atoms with van der Waals surface area (Å²) in [5.41, 5.74) is 0.305. The molecule has 33 heavy (non-hydrogen) atoms. The fourth-order valence-electron chi connectivity index (χ4n) is 6.38. The van der Waals surface area contributed by atoms with Gasteiger partial charge in [-0.15, -0.1) is 0 Å². The number of nitro benzene ring substituents is 1. The predicted molar refractivity (Wildman–Crippen MR) is 119 cm³/mol. The number of carbonyl (C=O) groups is 3. The van der Waals surface area contributed by atoms with Crippen molar-refractivity contribution in [2.45, 2.75) is 31.3 Å². The molecule has 4 aliphatic rings. The largest absolute Gasteiger partial charge is 0.323 e. The summed E-state index contributed by atoms with van der Waals surface area (Å²) in [4.78, 5) is 55.2. The number of nitro groups is 1. The van der Waals surface area contributed by atoms with Gasteiger partial charge in [0.2, 0.25) is 11.8 Å². The highest BCUT2D eigenvalue weighted by molar-refractivity contribution is 6.35. The molecule has 168 valence electrons. The molecule has 4 atom stereocenters. The lowest BCUT2D eigenvalue weighted by molar-refractivity contribution is -0.384. The highest BCUT2D eigenvalue weighted by Gasteiger charge is 2.74. The zero-order chi connectivity index (χ0) is 23.2. The van der Waals surface area contributed by atoms with Gasteiger partial charge < -0.3 is 5.32 Å². The Labute approximate surface area is 193 Å². The minimum Gasteiger partial charge on any atom is -0.323 e. The van der Waals surface area contributed by atoms with Crippen molar-refractivity contribution in [3.63, 3.8) is 0 Å². The second kappa shape index (κ2) is 6.61. The zero-order valence-corrected chi connectivity index (χ0v) is 18.3. The molecule has 6 rings (SSSR count). The van der Waals surface area contributed by atoms with Crippen LogP contribution in [0.15, 0.2) is 36.4 Å². The van der Waals surface area contributed by atoms with Gasteiger partial charge in [-0.1, -0.05) is 29.8 Å². The molecule has 2 aromatic rings. The lowest BCUT2D eigenvalue weighted by Crippen LogP contribution is -2.54. The maximum absolute atomic E-state index is 14.0. The van der Waals surface area contributed by atoms with Gasteiger partial charge in [-0.3, -0.25) is 29.4 Å². The standard InChI is InChI=1S/C23H19ClN4O5/c1-11-7-8-12(28(32)33)10-16(11)27-20(29)17-15-6-3-9-26(15)23(18(17)21(27)30)13-4-2-5-14(24)19(13)25-22(23)31/h2,4-5,7-8,10,15,17-18H,3,6,9H2,1H3,(H,25,31)/t15-,17+,18+,23+/m0/s1. The van der Waals surface area contributed by atoms with E-state index in [9.17, 15) is 24.5 Å². The van der Waals surface area contributed by atoms with Crippen LogP contribution in [0, 0.1) is 28.9 Å². The van der Waals surface area contributed by atoms with E-state index in [1.54, 1.807) is 25.1 Å². The van der Waals surface area contributed by atoms with E-state index >= 15 is 0 Å². The summed E-state index contributed by atoms with van der Waals surface area (Å²) >= 11 is 6.38. The van der Waals surface area contributed by atoms with Gasteiger partial charge in [0.1, 0.15) is 5.54 Å². The van der Waals surface area contributed by atoms with Gasteiger partial charge in [-0.25, -0.2) is 4.90 Å². The maximum Gasteiger partial charge on any atom is 0.271 e. The number of amides is 3. The average Bonchev–Trinajstić information content (AvgIpc) is 3.48. The summed E-state index contributed by atoms with van der Waals surface area (Å²) in [5.74, 6) is -2.93. The minimum absolute atomic E-state index is 0.193. The molecule has 4 aliphatic heterocycles. The molecule has 4 heterocycles. The number of para-hydroxylation sites is 1. The number of imide groups is 1. The Bertz CT molecular complexity index is 1300. The molecule has 0 aliphatic carbocycles. The molecular formula is C23H19ClN4O5. The first-order chi connectivity index (χ1) is 15.8. The van der Waals surface area contributed by atoms with Crippen LogP contribution in [0.5, 0.6) is 0 Å². The number of aryl methyl sites for hydroxylation is 1. The van der Waals surface area contributed by atoms with Crippen molar-refractivity contribution in [1.29, 1.82) is 0 Å². The van der Waals surface area contributed by atoms with Crippen LogP contribution < -0.4 is 10.2 Å². The van der Waals surface area contributed by atoms with E-state index in [1.807, 2.05) is 4.90 Å². The van der Waals surface area contributed by atoms with Crippen molar-refractivity contribution in [3.05, 3.63) is 62.7 Å². The van der Waals surface area contributed by atoms with Gasteiger partial charge in [-0.05, 0) is 37.9 Å². The Morgan fingerprint density at radius 3 is 2.73 bits per heavy atom. The van der Waals surface area contributed by atoms with Crippen LogP contribution in [0.1, 0.15) is 24.0 Å². The third-order valence-electron chi connectivity index (χ3n) is 7.62. The van der Waals surface area contributed by atoms with Gasteiger partial charge in [0.25, 0.3) is 11.6 Å². The van der Waals surface area contributed by atoms with Gasteiger partial charge in [0.15, 0.2) is 0 Å². The lowest BCUT2D eigenvalue weighted by Gasteiger charge is -2.36. The minimum atomic E-state index is -1.33. The molecule has 1 spiro atoms. The Morgan fingerprint density at radius 2 is 1.97 bits per heavy atom. The van der Waals surface area contributed by atoms with E-state index in [-0.39, 0.29) is 23.3 Å². The average molecular weight is 467 g/mol. The number of fused-ring (bicyclic) bond motifs is 7. The number of halogens is 1. The Hall–Kier alpha value is -3.30. The van der Waals surface area contributed by atoms with Gasteiger partial charge in [0, 0.05) is 23.7 Å². The van der Waals surface area contributed by atoms with Crippen LogP contribution in [-0.2, 0) is 19.9 Å². The second-order valence-corrected chi connectivity index (χ2v) is 9.44. The molecule has 0 saturated carbocycles. The number of hydrogen-bond donors (Lipinski definition) is 1. The van der Waals surface area contributed by atoms with Crippen LogP contribution in [0.3, 0.4) is 0 Å². The third kappa shape index (κ3) is 2.33. The van der Waals surface area contributed by atoms with Crippen LogP contribution in [0.2, 0.25) is 5.02 Å². The number of benzene rings is 2. The van der Waals surface area contributed by atoms with Gasteiger partial charge in [0.05, 0.1) is 33.2 Å². The molecule has 3 fully saturated rings. The highest BCUT2D eigenvalue weighted by atomic mass is 35.5. The molecule has 0 unspecified atom stereocenters. The number of rotatable bonds is 2. The Morgan fingerprint density at radius 1 is 1.18 bits per heavy atom. The third-order valence-corrected chi connectivity index (χ3v) is 7.94. The molecule has 0 radical (unpaired) electrons. The smallest absolute Gasteiger partial charge is 0.271 e. The summed E-state index contributed by atoms with van der Waals surface area (Å²) < 4.78 is 0. The normalized spacial score (nSPS) is 30.1. The summed E-state index contributed by atoms with van der Waals surface area (Å²) in [6.07, 6.45) is 1.49. The summed E-state index contributed by atoms with van der Waals surface area (Å²) in [5, 5.41) is 14.6. The first-order valence-corrected chi connectivity index (χ1v) is 11.2. The molecule has 2 aromatic carbocycles. The van der Waals surface area contributed by atoms with E-state index in [2.05, 4.69) is 5.32 Å². The molecule has 1 N–H and O–H groups in total. The topological polar surface area (TPSA) is 113 Å². The monoisotopic (exact) mass is 466 g/mol. The van der Waals surface area contributed by atoms with Crippen LogP contribution in [-0.4, -0.2) is 40.1 Å². The van der Waals surface area contributed by atoms with E-state index in [0.29, 0.717) is 34.8 Å². The van der Waals surface area contributed by atoms with Gasteiger partial charge >= 0.3 is 0 Å². The van der Waals surface area contributed by atoms with Crippen LogP contribution >= 0.6 is 11.6 Å². The number of nitrogens with zero attached hydrogens (tertiary/aromatic N) is 3. The fourth-order valence-corrected chi connectivity index (χ4v) is 6.61. The Kier molecular flexibility index (Phi) is 4.07. The molecule has 3 amide bonds. The van der Waals surface area contributed by atoms with Crippen molar-refractivity contribution >= 4 is 46.4 Å². The highest BCUT2D eigenvalue weighted by Crippen LogP contribution is 2.61. The number of nitrogens with one attached hydrogen (secondary N) is 1. The molecule has 3 saturated heterocycles. The molecule has 0 bridgehead atoms. The molecule has 9 nitrogen and oxygen atoms in total. The SMILES string of the molecule is Cc1ccc([N+](=O)[O-])cc1N1C(=O)[C@@H]2[C@@H]3CCCN3[C@@]3(C(=O)Nc4c(Cl)cccc43)[C@H]2C1=O. The number of carbonyl (C=O) groups excluding carboxylic acids is 3. The van der Waals surface area contributed by atoms with Crippen molar-refractivity contribution in [2.24, 2.45) is 11.8 Å². The zero-order valence-electron chi connectivity index (χ0n) is 17.6. The molecule has 0 aromatic heterocycles. The number of anilines is 2. The quantitative estimate of drug-likeness (QED) is 0.413. The summed E-state index contributed by atoms with van der Waals surface area (Å²) in [6, 6.07) is 9.05. The van der Waals surface area contributed by atoms with E-state index in [4.69, 9.17) is 11.6 Å². The first kappa shape index (κ1) is 20.3. The van der Waals surface area contributed by atoms with Gasteiger partial charge in [-0.2, -0.15) is 0 Å². The molecule has 10 heteroatoms. The van der Waals surface area contributed by atoms with E-state index in [1.165, 1.54) is 18.2 Å². The van der Waals surface area contributed by atoms with Crippen molar-refractivity contribution < 1.29 is 19.3 Å². The second-order valence-electron chi connectivity index (χ2n) is 9.03. The fraction of sp³-hybridized carbons (Fsp3) is 0.348. The van der Waals surface area contributed by atoms with Crippen molar-refractivity contribution in [3.8, 4) is 0 Å². The summed E-state index contributed by atoms with van der Waals surface area (Å²) in [6.45, 7) is 2.29. The molecular weight excluding hydrogens is 448 g/mol. The van der Waals surface area contributed by atoms with Crippen LogP contribution in [0.4, 0.5) is 17.1 Å². The van der Waals surface area contributed by atoms with Crippen molar-refractivity contribution in [1.82, 2.24) is 4.90 Å². The predicted octanol–water partition coefficient (Wildman–Crippen LogP) is 2.99. The number of non-ortho nitro benzene ring substituents is 1. The van der Waals surface area contributed by atoms with E-state index < -0.39 is 34.1 Å². The maximum atomic E-state index is 14.0. The van der Waals surface area contributed by atoms with E-state index in [0.717, 1.165) is 11.3 Å². The van der Waals surface area contributed by atoms with Crippen molar-refractivity contribution in [2.75, 3.05) is 16.8 Å². The summed E-state index contributed by atoms with van der Waals surface area (Å²) in [7, 11) is 0. The van der Waals surface area contributed by atoms with Crippen LogP contribution in [0.25, 0.3) is 0 Å². The lowest BCUT2D eigenvalue weighted by atomic mass is 9.75. The Balaban J connectivity index is 1.56. The first-order valence-electron chi connectivity index (χ1n) is 10.8.